The minimum atomic E-state index is -1.44. The molecule has 3 rings (SSSR count). The monoisotopic (exact) mass is 372 g/mol. The molecule has 0 aromatic carbocycles. The molecule has 1 N–H and O–H groups in total. The van der Waals surface area contributed by atoms with Crippen molar-refractivity contribution in [2.75, 3.05) is 21.3 Å². The molecule has 0 unspecified atom stereocenters. The van der Waals surface area contributed by atoms with Crippen LogP contribution in [0.2, 0.25) is 0 Å². The fourth-order valence-electron chi connectivity index (χ4n) is 2.22. The van der Waals surface area contributed by atoms with E-state index >= 15 is 0 Å². The Labute approximate surface area is 169 Å². The summed E-state index contributed by atoms with van der Waals surface area (Å²) in [5, 5.41) is 0.317. The van der Waals surface area contributed by atoms with Gasteiger partial charge in [-0.2, -0.15) is 9.97 Å². The average Bonchev–Trinajstić information content (AvgIpc) is 3.04. The summed E-state index contributed by atoms with van der Waals surface area (Å²) in [6.45, 7) is 0. The van der Waals surface area contributed by atoms with Crippen molar-refractivity contribution < 1.29 is 18.8 Å². The van der Waals surface area contributed by atoms with Crippen LogP contribution >= 0.6 is 0 Å². The molecule has 0 aliphatic heterocycles. The first kappa shape index (κ1) is 19.8. The fraction of sp³-hybridized carbons (Fsp3) is 0.267. The number of fused-ring (bicyclic) bond motifs is 1. The SMILES string of the molecule is COc1ccc2[nH]c([S@@+]([O-])Cc3nccc(OC)c3OC)nc2n1.[NaH]. The van der Waals surface area contributed by atoms with E-state index in [0.717, 1.165) is 0 Å². The van der Waals surface area contributed by atoms with Crippen LogP contribution in [0, 0.1) is 0 Å². The van der Waals surface area contributed by atoms with Crippen LogP contribution in [0.1, 0.15) is 5.69 Å². The molecular weight excluding hydrogens is 355 g/mol. The summed E-state index contributed by atoms with van der Waals surface area (Å²) in [6, 6.07) is 5.17. The minimum absolute atomic E-state index is 0. The summed E-state index contributed by atoms with van der Waals surface area (Å²) in [5.74, 6) is 1.58. The van der Waals surface area contributed by atoms with Crippen LogP contribution < -0.4 is 14.2 Å². The Hall–Kier alpha value is -1.52. The third kappa shape index (κ3) is 4.18. The first-order chi connectivity index (χ1) is 11.7. The number of H-pyrrole nitrogens is 1. The number of aromatic nitrogens is 4. The molecule has 3 aromatic rings. The van der Waals surface area contributed by atoms with Crippen LogP contribution in [0.15, 0.2) is 29.6 Å². The normalized spacial score (nSPS) is 11.7. The van der Waals surface area contributed by atoms with Gasteiger partial charge in [0, 0.05) is 29.5 Å². The van der Waals surface area contributed by atoms with Crippen molar-refractivity contribution in [2.45, 2.75) is 10.9 Å². The van der Waals surface area contributed by atoms with E-state index in [-0.39, 0.29) is 35.3 Å². The van der Waals surface area contributed by atoms with Crippen molar-refractivity contribution in [1.82, 2.24) is 19.9 Å². The summed E-state index contributed by atoms with van der Waals surface area (Å²) in [4.78, 5) is 15.7. The van der Waals surface area contributed by atoms with Gasteiger partial charge in [-0.25, -0.2) is 0 Å². The summed E-state index contributed by atoms with van der Waals surface area (Å²) in [7, 11) is 4.58. The van der Waals surface area contributed by atoms with Gasteiger partial charge >= 0.3 is 34.7 Å². The average molecular weight is 372 g/mol. The van der Waals surface area contributed by atoms with Gasteiger partial charge in [0.15, 0.2) is 22.9 Å². The molecule has 0 radical (unpaired) electrons. The van der Waals surface area contributed by atoms with Crippen LogP contribution in [0.3, 0.4) is 0 Å². The van der Waals surface area contributed by atoms with Gasteiger partial charge in [0.25, 0.3) is 0 Å². The molecule has 128 valence electrons. The molecule has 0 saturated carbocycles. The van der Waals surface area contributed by atoms with Crippen molar-refractivity contribution in [3.8, 4) is 17.4 Å². The standard InChI is InChI=1S/C15H16N4O4S.Na.H/c1-21-11-6-7-16-10(13(11)23-3)8-24(20)15-17-9-4-5-12(22-2)18-14(9)19-15;;/h4-7H,8H2,1-3H3,(H,17,18,19);;/t24-;;/m0../s1. The predicted octanol–water partition coefficient (Wildman–Crippen LogP) is 1.04. The van der Waals surface area contributed by atoms with E-state index < -0.39 is 11.2 Å². The molecule has 0 bridgehead atoms. The van der Waals surface area contributed by atoms with Gasteiger partial charge in [-0.05, 0) is 6.07 Å². The number of nitrogens with one attached hydrogen (secondary N) is 1. The number of hydrogen-bond donors (Lipinski definition) is 1. The van der Waals surface area contributed by atoms with E-state index in [0.29, 0.717) is 39.4 Å². The zero-order valence-corrected chi connectivity index (χ0v) is 14.2. The third-order valence-electron chi connectivity index (χ3n) is 3.36. The van der Waals surface area contributed by atoms with E-state index in [1.165, 1.54) is 21.3 Å². The Kier molecular flexibility index (Phi) is 6.91. The number of rotatable bonds is 6. The van der Waals surface area contributed by atoms with Gasteiger partial charge in [0.2, 0.25) is 5.88 Å². The summed E-state index contributed by atoms with van der Waals surface area (Å²) in [5.41, 5.74) is 1.66. The first-order valence-corrected chi connectivity index (χ1v) is 8.33. The van der Waals surface area contributed by atoms with Crippen molar-refractivity contribution in [3.05, 3.63) is 30.1 Å². The van der Waals surface area contributed by atoms with E-state index in [2.05, 4.69) is 19.9 Å². The Morgan fingerprint density at radius 3 is 2.56 bits per heavy atom. The second-order valence-electron chi connectivity index (χ2n) is 4.75. The van der Waals surface area contributed by atoms with Crippen LogP contribution in [0.25, 0.3) is 11.2 Å². The third-order valence-corrected chi connectivity index (χ3v) is 4.52. The summed E-state index contributed by atoms with van der Waals surface area (Å²) in [6.07, 6.45) is 1.58. The number of methoxy groups -OCH3 is 3. The van der Waals surface area contributed by atoms with Crippen molar-refractivity contribution in [2.24, 2.45) is 0 Å². The molecule has 0 spiro atoms. The van der Waals surface area contributed by atoms with Crippen molar-refractivity contribution in [1.29, 1.82) is 0 Å². The molecule has 10 heteroatoms. The van der Waals surface area contributed by atoms with Gasteiger partial charge in [0.05, 0.1) is 26.8 Å². The molecule has 0 amide bonds. The molecule has 0 aliphatic rings. The van der Waals surface area contributed by atoms with Gasteiger partial charge in [-0.3, -0.25) is 9.97 Å². The van der Waals surface area contributed by atoms with E-state index in [1.807, 2.05) is 0 Å². The van der Waals surface area contributed by atoms with Crippen molar-refractivity contribution in [3.63, 3.8) is 0 Å². The van der Waals surface area contributed by atoms with Crippen LogP contribution in [0.5, 0.6) is 17.4 Å². The zero-order chi connectivity index (χ0) is 17.1. The Bertz CT molecular complexity index is 861. The first-order valence-electron chi connectivity index (χ1n) is 7.01. The van der Waals surface area contributed by atoms with Gasteiger partial charge in [0.1, 0.15) is 5.69 Å². The van der Waals surface area contributed by atoms with E-state index in [9.17, 15) is 4.55 Å². The number of pyridine rings is 2. The Morgan fingerprint density at radius 1 is 1.08 bits per heavy atom. The van der Waals surface area contributed by atoms with Crippen molar-refractivity contribution >= 4 is 51.9 Å². The Balaban J connectivity index is 0.00000225. The van der Waals surface area contributed by atoms with Gasteiger partial charge < -0.3 is 18.8 Å². The second kappa shape index (κ2) is 8.72. The molecule has 0 saturated heterocycles. The van der Waals surface area contributed by atoms with Crippen LogP contribution in [-0.4, -0.2) is 75.4 Å². The maximum atomic E-state index is 12.6. The molecular formula is C15H17N4NaO4S. The molecule has 25 heavy (non-hydrogen) atoms. The molecule has 3 aromatic heterocycles. The molecule has 1 atom stereocenters. The summed E-state index contributed by atoms with van der Waals surface area (Å²) < 4.78 is 28.2. The molecule has 8 nitrogen and oxygen atoms in total. The van der Waals surface area contributed by atoms with E-state index in [1.54, 1.807) is 24.4 Å². The Morgan fingerprint density at radius 2 is 1.88 bits per heavy atom. The number of hydrogen-bond acceptors (Lipinski definition) is 7. The number of ether oxygens (including phenoxy) is 3. The summed E-state index contributed by atoms with van der Waals surface area (Å²) >= 11 is -1.44. The number of aromatic amines is 1. The predicted molar refractivity (Wildman–Crippen MR) is 95.0 cm³/mol. The zero-order valence-electron chi connectivity index (χ0n) is 13.4. The molecule has 0 fully saturated rings. The molecule has 3 heterocycles. The quantitative estimate of drug-likeness (QED) is 0.509. The second-order valence-corrected chi connectivity index (χ2v) is 6.12. The fourth-order valence-corrected chi connectivity index (χ4v) is 3.22. The maximum absolute atomic E-state index is 12.6. The van der Waals surface area contributed by atoms with Crippen LogP contribution in [-0.2, 0) is 16.9 Å². The number of nitrogens with zero attached hydrogens (tertiary/aromatic N) is 3. The van der Waals surface area contributed by atoms with E-state index in [4.69, 9.17) is 14.2 Å². The topological polar surface area (TPSA) is 105 Å². The molecule has 0 aliphatic carbocycles. The van der Waals surface area contributed by atoms with Gasteiger partial charge in [-0.15, -0.1) is 0 Å². The number of imidazole rings is 1. The van der Waals surface area contributed by atoms with Crippen LogP contribution in [0.4, 0.5) is 0 Å². The van der Waals surface area contributed by atoms with Gasteiger partial charge in [-0.1, -0.05) is 0 Å².